The van der Waals surface area contributed by atoms with Crippen molar-refractivity contribution in [2.45, 2.75) is 26.7 Å². The lowest BCUT2D eigenvalue weighted by Gasteiger charge is -2.35. The summed E-state index contributed by atoms with van der Waals surface area (Å²) >= 11 is 0. The number of carbonyl (C=O) groups excluding carboxylic acids is 2. The maximum Gasteiger partial charge on any atom is 0.223 e. The number of hydrogen-bond acceptors (Lipinski definition) is 5. The Balaban J connectivity index is 1.30. The normalized spacial score (nSPS) is 14.2. The lowest BCUT2D eigenvalue weighted by atomic mass is 10.0. The second kappa shape index (κ2) is 8.61. The third-order valence-corrected chi connectivity index (χ3v) is 5.79. The minimum atomic E-state index is 0.0246. The number of aryl methyl sites for hydroxylation is 2. The number of para-hydroxylation sites is 2. The van der Waals surface area contributed by atoms with Gasteiger partial charge in [0, 0.05) is 44.6 Å². The molecule has 1 fully saturated rings. The second-order valence-corrected chi connectivity index (χ2v) is 7.81. The predicted octanol–water partition coefficient (Wildman–Crippen LogP) is 3.56. The largest absolute Gasteiger partial charge is 0.352 e. The molecule has 0 spiro atoms. The van der Waals surface area contributed by atoms with Gasteiger partial charge in [-0.05, 0) is 43.2 Å². The average molecular weight is 402 g/mol. The van der Waals surface area contributed by atoms with Gasteiger partial charge in [0.2, 0.25) is 5.91 Å². The number of amides is 1. The molecule has 0 unspecified atom stereocenters. The van der Waals surface area contributed by atoms with Gasteiger partial charge < -0.3 is 9.80 Å². The van der Waals surface area contributed by atoms with Crippen molar-refractivity contribution in [1.29, 1.82) is 0 Å². The molecule has 1 amide bonds. The molecular weight excluding hydrogens is 376 g/mol. The highest BCUT2D eigenvalue weighted by molar-refractivity contribution is 5.98. The molecule has 0 atom stereocenters. The first kappa shape index (κ1) is 20.0. The van der Waals surface area contributed by atoms with Crippen molar-refractivity contribution in [1.82, 2.24) is 14.9 Å². The number of benzene rings is 2. The number of anilines is 1. The van der Waals surface area contributed by atoms with E-state index in [0.717, 1.165) is 28.0 Å². The Morgan fingerprint density at radius 2 is 1.63 bits per heavy atom. The molecule has 0 aliphatic carbocycles. The summed E-state index contributed by atoms with van der Waals surface area (Å²) in [5.74, 6) is 0.902. The Labute approximate surface area is 176 Å². The van der Waals surface area contributed by atoms with Crippen molar-refractivity contribution in [3.8, 4) is 0 Å². The van der Waals surface area contributed by atoms with Crippen LogP contribution in [-0.4, -0.2) is 52.7 Å². The molecule has 0 N–H and O–H groups in total. The van der Waals surface area contributed by atoms with E-state index < -0.39 is 0 Å². The minimum absolute atomic E-state index is 0.0246. The van der Waals surface area contributed by atoms with Crippen LogP contribution < -0.4 is 4.90 Å². The van der Waals surface area contributed by atoms with Crippen LogP contribution >= 0.6 is 0 Å². The molecule has 2 heterocycles. The summed E-state index contributed by atoms with van der Waals surface area (Å²) < 4.78 is 0. The molecule has 1 saturated heterocycles. The summed E-state index contributed by atoms with van der Waals surface area (Å²) in [5, 5.41) is 0. The Morgan fingerprint density at radius 3 is 2.37 bits per heavy atom. The number of hydrogen-bond donors (Lipinski definition) is 0. The van der Waals surface area contributed by atoms with E-state index in [1.165, 1.54) is 0 Å². The Hall–Kier alpha value is -3.28. The van der Waals surface area contributed by atoms with E-state index in [-0.39, 0.29) is 24.5 Å². The minimum Gasteiger partial charge on any atom is -0.352 e. The molecule has 1 aromatic heterocycles. The van der Waals surface area contributed by atoms with E-state index >= 15 is 0 Å². The fourth-order valence-corrected chi connectivity index (χ4v) is 3.72. The van der Waals surface area contributed by atoms with Crippen molar-refractivity contribution >= 4 is 28.5 Å². The Kier molecular flexibility index (Phi) is 5.74. The number of Topliss-reactive ketones (excluding diaryl/α,β-unsaturated/α-hetero) is 1. The van der Waals surface area contributed by atoms with Crippen molar-refractivity contribution < 1.29 is 9.59 Å². The van der Waals surface area contributed by atoms with Crippen LogP contribution in [0.25, 0.3) is 11.0 Å². The zero-order chi connectivity index (χ0) is 21.1. The zero-order valence-electron chi connectivity index (χ0n) is 17.5. The van der Waals surface area contributed by atoms with Crippen LogP contribution in [0.4, 0.5) is 5.82 Å². The topological polar surface area (TPSA) is 66.4 Å². The highest BCUT2D eigenvalue weighted by Gasteiger charge is 2.23. The van der Waals surface area contributed by atoms with Crippen LogP contribution in [0, 0.1) is 13.8 Å². The van der Waals surface area contributed by atoms with E-state index in [1.807, 2.05) is 61.2 Å². The van der Waals surface area contributed by atoms with Crippen LogP contribution in [0.5, 0.6) is 0 Å². The maximum absolute atomic E-state index is 12.6. The number of nitrogens with zero attached hydrogens (tertiary/aromatic N) is 4. The summed E-state index contributed by atoms with van der Waals surface area (Å²) in [4.78, 5) is 38.2. The molecule has 3 aromatic rings. The molecule has 6 heteroatoms. The second-order valence-electron chi connectivity index (χ2n) is 7.81. The molecule has 0 bridgehead atoms. The quantitative estimate of drug-likeness (QED) is 0.611. The smallest absolute Gasteiger partial charge is 0.223 e. The van der Waals surface area contributed by atoms with Crippen LogP contribution in [0.2, 0.25) is 0 Å². The maximum atomic E-state index is 12.6. The van der Waals surface area contributed by atoms with Crippen LogP contribution in [0.1, 0.15) is 34.3 Å². The fourth-order valence-electron chi connectivity index (χ4n) is 3.72. The van der Waals surface area contributed by atoms with Crippen molar-refractivity contribution in [2.75, 3.05) is 31.1 Å². The van der Waals surface area contributed by atoms with Crippen molar-refractivity contribution in [3.63, 3.8) is 0 Å². The lowest BCUT2D eigenvalue weighted by Crippen LogP contribution is -2.49. The first-order valence-corrected chi connectivity index (χ1v) is 10.4. The van der Waals surface area contributed by atoms with E-state index in [0.29, 0.717) is 31.7 Å². The average Bonchev–Trinajstić information content (AvgIpc) is 2.78. The molecule has 6 nitrogen and oxygen atoms in total. The molecule has 1 aliphatic rings. The van der Waals surface area contributed by atoms with Gasteiger partial charge >= 0.3 is 0 Å². The summed E-state index contributed by atoms with van der Waals surface area (Å²) in [7, 11) is 0. The van der Waals surface area contributed by atoms with Gasteiger partial charge in [-0.15, -0.1) is 0 Å². The van der Waals surface area contributed by atoms with Gasteiger partial charge in [-0.1, -0.05) is 24.3 Å². The number of aromatic nitrogens is 2. The van der Waals surface area contributed by atoms with E-state index in [1.54, 1.807) is 6.20 Å². The molecule has 4 rings (SSSR count). The van der Waals surface area contributed by atoms with Gasteiger partial charge in [-0.3, -0.25) is 14.6 Å². The van der Waals surface area contributed by atoms with Crippen molar-refractivity contribution in [2.24, 2.45) is 0 Å². The van der Waals surface area contributed by atoms with Crippen LogP contribution in [-0.2, 0) is 4.79 Å². The van der Waals surface area contributed by atoms with Crippen molar-refractivity contribution in [3.05, 3.63) is 65.4 Å². The van der Waals surface area contributed by atoms with E-state index in [4.69, 9.17) is 4.98 Å². The molecule has 154 valence electrons. The highest BCUT2D eigenvalue weighted by atomic mass is 16.2. The summed E-state index contributed by atoms with van der Waals surface area (Å²) in [5.41, 5.74) is 4.70. The molecule has 0 radical (unpaired) electrons. The van der Waals surface area contributed by atoms with Gasteiger partial charge in [0.1, 0.15) is 5.82 Å². The molecular formula is C24H26N4O2. The third-order valence-electron chi connectivity index (χ3n) is 5.79. The van der Waals surface area contributed by atoms with Gasteiger partial charge in [-0.2, -0.15) is 0 Å². The molecule has 30 heavy (non-hydrogen) atoms. The van der Waals surface area contributed by atoms with Gasteiger partial charge in [-0.25, -0.2) is 4.98 Å². The van der Waals surface area contributed by atoms with Crippen LogP contribution in [0.15, 0.2) is 48.7 Å². The molecule has 2 aromatic carbocycles. The summed E-state index contributed by atoms with van der Waals surface area (Å²) in [6, 6.07) is 13.5. The number of rotatable bonds is 5. The Morgan fingerprint density at radius 1 is 0.900 bits per heavy atom. The fraction of sp³-hybridized carbons (Fsp3) is 0.333. The predicted molar refractivity (Wildman–Crippen MR) is 118 cm³/mol. The molecule has 1 aliphatic heterocycles. The van der Waals surface area contributed by atoms with Crippen LogP contribution in [0.3, 0.4) is 0 Å². The molecule has 0 saturated carbocycles. The Bertz CT molecular complexity index is 1090. The summed E-state index contributed by atoms with van der Waals surface area (Å²) in [6.45, 7) is 6.71. The number of fused-ring (bicyclic) bond motifs is 1. The lowest BCUT2D eigenvalue weighted by molar-refractivity contribution is -0.131. The zero-order valence-corrected chi connectivity index (χ0v) is 17.5. The first-order chi connectivity index (χ1) is 14.5. The van der Waals surface area contributed by atoms with Gasteiger partial charge in [0.15, 0.2) is 5.78 Å². The van der Waals surface area contributed by atoms with Gasteiger partial charge in [0.25, 0.3) is 0 Å². The number of piperazine rings is 1. The highest BCUT2D eigenvalue weighted by Crippen LogP contribution is 2.18. The van der Waals surface area contributed by atoms with E-state index in [2.05, 4.69) is 9.88 Å². The number of ketones is 1. The SMILES string of the molecule is Cc1ccc(C(=O)CCC(=O)N2CCN(c3cnc4ccccc4n3)CC2)cc1C. The third kappa shape index (κ3) is 4.32. The summed E-state index contributed by atoms with van der Waals surface area (Å²) in [6.07, 6.45) is 2.29. The van der Waals surface area contributed by atoms with Gasteiger partial charge in [0.05, 0.1) is 17.2 Å². The monoisotopic (exact) mass is 402 g/mol. The van der Waals surface area contributed by atoms with E-state index in [9.17, 15) is 9.59 Å². The standard InChI is InChI=1S/C24H26N4O2/c1-17-7-8-19(15-18(17)2)22(29)9-10-24(30)28-13-11-27(12-14-28)23-16-25-20-5-3-4-6-21(20)26-23/h3-8,15-16H,9-14H2,1-2H3. The first-order valence-electron chi connectivity index (χ1n) is 10.4. The number of carbonyl (C=O) groups is 2.